The number of rotatable bonds is 8. The molecule has 6 nitrogen and oxygen atoms in total. The number of carbonyl (C=O) groups excluding carboxylic acids is 1. The fourth-order valence-corrected chi connectivity index (χ4v) is 2.59. The highest BCUT2D eigenvalue weighted by Crippen LogP contribution is 2.34. The summed E-state index contributed by atoms with van der Waals surface area (Å²) in [4.78, 5) is 11.5. The molecule has 2 aromatic carbocycles. The lowest BCUT2D eigenvalue weighted by Crippen LogP contribution is -2.25. The van der Waals surface area contributed by atoms with Gasteiger partial charge < -0.3 is 19.6 Å². The first kappa shape index (κ1) is 19.1. The minimum atomic E-state index is -0.727. The Morgan fingerprint density at radius 3 is 2.52 bits per heavy atom. The first-order valence-electron chi connectivity index (χ1n) is 7.70. The summed E-state index contributed by atoms with van der Waals surface area (Å²) in [5.41, 5.74) is 8.21. The van der Waals surface area contributed by atoms with Crippen molar-refractivity contribution in [2.75, 3.05) is 19.6 Å². The van der Waals surface area contributed by atoms with Crippen molar-refractivity contribution in [2.45, 2.75) is 19.6 Å². The molecule has 0 aromatic heterocycles. The van der Waals surface area contributed by atoms with Crippen LogP contribution in [-0.2, 0) is 16.1 Å². The molecule has 0 aliphatic carbocycles. The van der Waals surface area contributed by atoms with Gasteiger partial charge in [0.1, 0.15) is 0 Å². The third-order valence-electron chi connectivity index (χ3n) is 3.45. The second kappa shape index (κ2) is 9.29. The number of ether oxygens (including phenoxy) is 3. The van der Waals surface area contributed by atoms with Gasteiger partial charge in [0.15, 0.2) is 17.6 Å². The van der Waals surface area contributed by atoms with Crippen LogP contribution in [0.5, 0.6) is 11.5 Å². The second-order valence-electron chi connectivity index (χ2n) is 5.22. The van der Waals surface area contributed by atoms with Crippen LogP contribution in [0.4, 0.5) is 5.69 Å². The van der Waals surface area contributed by atoms with Crippen LogP contribution >= 0.6 is 15.9 Å². The minimum Gasteiger partial charge on any atom is -0.493 e. The van der Waals surface area contributed by atoms with E-state index in [-0.39, 0.29) is 0 Å². The van der Waals surface area contributed by atoms with E-state index in [1.54, 1.807) is 20.1 Å². The lowest BCUT2D eigenvalue weighted by atomic mass is 10.2. The molecule has 0 heterocycles. The summed E-state index contributed by atoms with van der Waals surface area (Å²) in [7, 11) is 2.88. The molecule has 0 saturated carbocycles. The molecule has 7 heteroatoms. The molecule has 2 N–H and O–H groups in total. The summed E-state index contributed by atoms with van der Waals surface area (Å²) in [5.74, 6) is 0.554. The van der Waals surface area contributed by atoms with Crippen LogP contribution in [0.15, 0.2) is 46.9 Å². The van der Waals surface area contributed by atoms with Gasteiger partial charge in [-0.3, -0.25) is 0 Å². The van der Waals surface area contributed by atoms with Gasteiger partial charge in [0.2, 0.25) is 0 Å². The van der Waals surface area contributed by atoms with Crippen LogP contribution in [0.25, 0.3) is 0 Å². The Bertz CT molecular complexity index is 710. The third-order valence-corrected chi connectivity index (χ3v) is 4.19. The smallest absolute Gasteiger partial charge is 0.346 e. The summed E-state index contributed by atoms with van der Waals surface area (Å²) in [6.45, 7) is 2.18. The van der Waals surface area contributed by atoms with Crippen LogP contribution in [-0.4, -0.2) is 26.3 Å². The van der Waals surface area contributed by atoms with Crippen LogP contribution < -0.4 is 20.3 Å². The quantitative estimate of drug-likeness (QED) is 0.514. The molecule has 134 valence electrons. The van der Waals surface area contributed by atoms with E-state index in [1.807, 2.05) is 36.4 Å². The number of para-hydroxylation sites is 1. The summed E-state index contributed by atoms with van der Waals surface area (Å²) in [6, 6.07) is 13.4. The van der Waals surface area contributed by atoms with Crippen LogP contribution in [0, 0.1) is 0 Å². The van der Waals surface area contributed by atoms with Crippen molar-refractivity contribution >= 4 is 27.6 Å². The normalized spacial score (nSPS) is 11.5. The van der Waals surface area contributed by atoms with Crippen molar-refractivity contribution in [3.05, 3.63) is 52.5 Å². The molecule has 0 aliphatic rings. The molecule has 0 fully saturated rings. The van der Waals surface area contributed by atoms with Crippen molar-refractivity contribution in [3.63, 3.8) is 0 Å². The third kappa shape index (κ3) is 5.37. The lowest BCUT2D eigenvalue weighted by Gasteiger charge is -2.17. The maximum Gasteiger partial charge on any atom is 0.346 e. The van der Waals surface area contributed by atoms with E-state index in [0.29, 0.717) is 18.0 Å². The maximum absolute atomic E-state index is 11.5. The number of nitrogens with one attached hydrogen (secondary N) is 2. The van der Waals surface area contributed by atoms with Crippen LogP contribution in [0.3, 0.4) is 0 Å². The van der Waals surface area contributed by atoms with Gasteiger partial charge >= 0.3 is 5.97 Å². The maximum atomic E-state index is 11.5. The summed E-state index contributed by atoms with van der Waals surface area (Å²) >= 11 is 3.52. The van der Waals surface area contributed by atoms with E-state index in [1.165, 1.54) is 7.11 Å². The molecular weight excluding hydrogens is 388 g/mol. The number of hydrazine groups is 1. The Balaban J connectivity index is 2.06. The first-order valence-corrected chi connectivity index (χ1v) is 8.49. The van der Waals surface area contributed by atoms with Gasteiger partial charge in [0, 0.05) is 16.7 Å². The van der Waals surface area contributed by atoms with Crippen LogP contribution in [0.2, 0.25) is 0 Å². The van der Waals surface area contributed by atoms with Gasteiger partial charge in [-0.1, -0.05) is 34.1 Å². The number of halogens is 1. The number of hydrogen-bond donors (Lipinski definition) is 2. The first-order chi connectivity index (χ1) is 12.0. The lowest BCUT2D eigenvalue weighted by molar-refractivity contribution is -0.147. The van der Waals surface area contributed by atoms with Crippen LogP contribution in [0.1, 0.15) is 12.5 Å². The van der Waals surface area contributed by atoms with Crippen molar-refractivity contribution in [2.24, 2.45) is 0 Å². The van der Waals surface area contributed by atoms with Crippen molar-refractivity contribution in [1.82, 2.24) is 5.43 Å². The number of hydrogen-bond acceptors (Lipinski definition) is 6. The zero-order chi connectivity index (χ0) is 18.2. The molecule has 1 unspecified atom stereocenters. The van der Waals surface area contributed by atoms with E-state index in [4.69, 9.17) is 9.47 Å². The molecule has 1 atom stereocenters. The topological polar surface area (TPSA) is 68.8 Å². The predicted octanol–water partition coefficient (Wildman–Crippen LogP) is 3.51. The van der Waals surface area contributed by atoms with Crippen molar-refractivity contribution < 1.29 is 19.0 Å². The average molecular weight is 409 g/mol. The van der Waals surface area contributed by atoms with E-state index in [2.05, 4.69) is 31.5 Å². The largest absolute Gasteiger partial charge is 0.493 e. The van der Waals surface area contributed by atoms with E-state index in [0.717, 1.165) is 15.7 Å². The van der Waals surface area contributed by atoms with Crippen molar-refractivity contribution in [1.29, 1.82) is 0 Å². The van der Waals surface area contributed by atoms with Gasteiger partial charge in [0.25, 0.3) is 0 Å². The molecule has 0 saturated heterocycles. The summed E-state index contributed by atoms with van der Waals surface area (Å²) in [6.07, 6.45) is -0.727. The average Bonchev–Trinajstić information content (AvgIpc) is 2.63. The minimum absolute atomic E-state index is 0.448. The number of carbonyl (C=O) groups is 1. The highest BCUT2D eigenvalue weighted by molar-refractivity contribution is 9.10. The molecule has 0 amide bonds. The SMILES string of the molecule is COC(=O)C(C)Oc1cc(Br)c(CNNc2ccccc2)cc1OC. The second-order valence-corrected chi connectivity index (χ2v) is 6.08. The fourth-order valence-electron chi connectivity index (χ4n) is 2.13. The fraction of sp³-hybridized carbons (Fsp3) is 0.278. The van der Waals surface area contributed by atoms with Gasteiger partial charge in [-0.25, -0.2) is 10.2 Å². The van der Waals surface area contributed by atoms with Gasteiger partial charge in [-0.15, -0.1) is 0 Å². The van der Waals surface area contributed by atoms with E-state index in [9.17, 15) is 4.79 Å². The molecule has 0 spiro atoms. The number of benzene rings is 2. The standard InChI is InChI=1S/C18H21BrN2O4/c1-12(18(22)24-3)25-17-10-15(19)13(9-16(17)23-2)11-20-21-14-7-5-4-6-8-14/h4-10,12,20-21H,11H2,1-3H3. The monoisotopic (exact) mass is 408 g/mol. The molecule has 25 heavy (non-hydrogen) atoms. The Hall–Kier alpha value is -2.25. The molecule has 0 radical (unpaired) electrons. The molecule has 0 bridgehead atoms. The summed E-state index contributed by atoms with van der Waals surface area (Å²) in [5, 5.41) is 0. The number of anilines is 1. The Kier molecular flexibility index (Phi) is 7.09. The highest BCUT2D eigenvalue weighted by Gasteiger charge is 2.18. The zero-order valence-electron chi connectivity index (χ0n) is 14.3. The Labute approximate surface area is 155 Å². The molecular formula is C18H21BrN2O4. The number of methoxy groups -OCH3 is 2. The molecule has 0 aliphatic heterocycles. The summed E-state index contributed by atoms with van der Waals surface area (Å²) < 4.78 is 16.5. The van der Waals surface area contributed by atoms with E-state index < -0.39 is 12.1 Å². The zero-order valence-corrected chi connectivity index (χ0v) is 15.9. The van der Waals surface area contributed by atoms with Gasteiger partial charge in [-0.05, 0) is 36.8 Å². The van der Waals surface area contributed by atoms with Gasteiger partial charge in [-0.2, -0.15) is 0 Å². The predicted molar refractivity (Wildman–Crippen MR) is 99.7 cm³/mol. The molecule has 2 aromatic rings. The molecule has 2 rings (SSSR count). The highest BCUT2D eigenvalue weighted by atomic mass is 79.9. The number of esters is 1. The Morgan fingerprint density at radius 2 is 1.88 bits per heavy atom. The van der Waals surface area contributed by atoms with Gasteiger partial charge in [0.05, 0.1) is 14.2 Å². The Morgan fingerprint density at radius 1 is 1.16 bits per heavy atom. The van der Waals surface area contributed by atoms with Crippen molar-refractivity contribution in [3.8, 4) is 11.5 Å². The van der Waals surface area contributed by atoms with E-state index >= 15 is 0 Å².